The number of hydrogen-bond donors (Lipinski definition) is 0. The predicted molar refractivity (Wildman–Crippen MR) is 114 cm³/mol. The average molecular weight is 357 g/mol. The van der Waals surface area contributed by atoms with Gasteiger partial charge in [0.15, 0.2) is 5.58 Å². The van der Waals surface area contributed by atoms with Crippen LogP contribution in [-0.2, 0) is 6.42 Å². The summed E-state index contributed by atoms with van der Waals surface area (Å²) in [6.07, 6.45) is 0.938. The molecule has 2 aromatic heterocycles. The van der Waals surface area contributed by atoms with Crippen molar-refractivity contribution >= 4 is 21.9 Å². The SMILES string of the molecule is Cc1cc(C)cc(-c2nc3cc(C)cc(C)c3c3cc(CC(C)C)oc23)c1. The first-order valence-electron chi connectivity index (χ1n) is 9.74. The van der Waals surface area contributed by atoms with E-state index < -0.39 is 0 Å². The van der Waals surface area contributed by atoms with E-state index in [1.165, 1.54) is 33.0 Å². The molecular formula is C25H27NO. The molecule has 4 aromatic rings. The molecule has 0 N–H and O–H groups in total. The van der Waals surface area contributed by atoms with E-state index in [1.54, 1.807) is 0 Å². The van der Waals surface area contributed by atoms with Crippen LogP contribution in [-0.4, -0.2) is 4.98 Å². The lowest BCUT2D eigenvalue weighted by Gasteiger charge is -2.10. The number of rotatable bonds is 3. The maximum atomic E-state index is 6.38. The number of aromatic nitrogens is 1. The van der Waals surface area contributed by atoms with Crippen molar-refractivity contribution in [1.29, 1.82) is 0 Å². The van der Waals surface area contributed by atoms with E-state index in [1.807, 2.05) is 0 Å². The number of nitrogens with zero attached hydrogens (tertiary/aromatic N) is 1. The van der Waals surface area contributed by atoms with E-state index in [0.29, 0.717) is 5.92 Å². The third-order valence-corrected chi connectivity index (χ3v) is 5.06. The van der Waals surface area contributed by atoms with E-state index >= 15 is 0 Å². The standard InChI is InChI=1S/C25H27NO/c1-14(2)7-20-13-21-23-18(6)9-17(5)12-22(23)26-24(25(21)27-20)19-10-15(3)8-16(4)11-19/h8-14H,7H2,1-6H3. The molecule has 0 saturated carbocycles. The summed E-state index contributed by atoms with van der Waals surface area (Å²) >= 11 is 0. The molecule has 0 aliphatic rings. The second-order valence-electron chi connectivity index (χ2n) is 8.37. The zero-order valence-electron chi connectivity index (χ0n) is 17.1. The Morgan fingerprint density at radius 1 is 0.852 bits per heavy atom. The molecule has 2 aromatic carbocycles. The Morgan fingerprint density at radius 2 is 1.52 bits per heavy atom. The predicted octanol–water partition coefficient (Wildman–Crippen LogP) is 7.08. The quantitative estimate of drug-likeness (QED) is 0.391. The number of pyridine rings is 1. The molecule has 0 unspecified atom stereocenters. The fourth-order valence-corrected chi connectivity index (χ4v) is 4.17. The molecule has 4 rings (SSSR count). The summed E-state index contributed by atoms with van der Waals surface area (Å²) in [5.41, 5.74) is 9.02. The maximum absolute atomic E-state index is 6.38. The Morgan fingerprint density at radius 3 is 2.19 bits per heavy atom. The van der Waals surface area contributed by atoms with Crippen LogP contribution in [0.2, 0.25) is 0 Å². The van der Waals surface area contributed by atoms with Gasteiger partial charge in [0.1, 0.15) is 11.5 Å². The van der Waals surface area contributed by atoms with Crippen LogP contribution >= 0.6 is 0 Å². The van der Waals surface area contributed by atoms with Crippen LogP contribution in [0.5, 0.6) is 0 Å². The molecule has 27 heavy (non-hydrogen) atoms. The minimum atomic E-state index is 0.554. The first-order valence-corrected chi connectivity index (χ1v) is 9.74. The Balaban J connectivity index is 2.11. The van der Waals surface area contributed by atoms with Crippen LogP contribution in [0.15, 0.2) is 40.8 Å². The first kappa shape index (κ1) is 17.8. The molecule has 138 valence electrons. The molecule has 0 atom stereocenters. The van der Waals surface area contributed by atoms with Crippen molar-refractivity contribution in [3.63, 3.8) is 0 Å². The second-order valence-corrected chi connectivity index (χ2v) is 8.37. The van der Waals surface area contributed by atoms with Crippen LogP contribution < -0.4 is 0 Å². The fraction of sp³-hybridized carbons (Fsp3) is 0.320. The van der Waals surface area contributed by atoms with E-state index in [-0.39, 0.29) is 0 Å². The maximum Gasteiger partial charge on any atom is 0.161 e. The van der Waals surface area contributed by atoms with Gasteiger partial charge in [-0.2, -0.15) is 0 Å². The average Bonchev–Trinajstić information content (AvgIpc) is 2.94. The third kappa shape index (κ3) is 3.25. The lowest BCUT2D eigenvalue weighted by atomic mass is 9.98. The van der Waals surface area contributed by atoms with Crippen molar-refractivity contribution in [3.05, 3.63) is 64.4 Å². The minimum Gasteiger partial charge on any atom is -0.459 e. The lowest BCUT2D eigenvalue weighted by molar-refractivity contribution is 0.500. The van der Waals surface area contributed by atoms with Gasteiger partial charge in [-0.3, -0.25) is 0 Å². The molecule has 2 nitrogen and oxygen atoms in total. The van der Waals surface area contributed by atoms with E-state index in [4.69, 9.17) is 9.40 Å². The molecule has 0 aliphatic heterocycles. The molecule has 0 radical (unpaired) electrons. The van der Waals surface area contributed by atoms with E-state index in [0.717, 1.165) is 34.5 Å². The zero-order valence-corrected chi connectivity index (χ0v) is 17.1. The number of fused-ring (bicyclic) bond motifs is 3. The number of furan rings is 1. The van der Waals surface area contributed by atoms with Gasteiger partial charge >= 0.3 is 0 Å². The smallest absolute Gasteiger partial charge is 0.161 e. The van der Waals surface area contributed by atoms with Crippen molar-refractivity contribution in [2.75, 3.05) is 0 Å². The summed E-state index contributed by atoms with van der Waals surface area (Å²) in [5.74, 6) is 1.60. The highest BCUT2D eigenvalue weighted by Crippen LogP contribution is 2.37. The van der Waals surface area contributed by atoms with Crippen molar-refractivity contribution < 1.29 is 4.42 Å². The van der Waals surface area contributed by atoms with Crippen molar-refractivity contribution in [2.24, 2.45) is 5.92 Å². The monoisotopic (exact) mass is 357 g/mol. The summed E-state index contributed by atoms with van der Waals surface area (Å²) in [4.78, 5) is 5.08. The molecular weight excluding hydrogens is 330 g/mol. The highest BCUT2D eigenvalue weighted by Gasteiger charge is 2.18. The molecule has 0 spiro atoms. The summed E-state index contributed by atoms with van der Waals surface area (Å²) in [6, 6.07) is 13.2. The van der Waals surface area contributed by atoms with Crippen LogP contribution in [0.1, 0.15) is 41.9 Å². The topological polar surface area (TPSA) is 26.0 Å². The van der Waals surface area contributed by atoms with Crippen LogP contribution in [0.25, 0.3) is 33.1 Å². The van der Waals surface area contributed by atoms with Crippen molar-refractivity contribution in [1.82, 2.24) is 4.98 Å². The van der Waals surface area contributed by atoms with Gasteiger partial charge in [-0.1, -0.05) is 37.1 Å². The van der Waals surface area contributed by atoms with Crippen LogP contribution in [0.3, 0.4) is 0 Å². The normalized spacial score (nSPS) is 11.8. The van der Waals surface area contributed by atoms with E-state index in [2.05, 4.69) is 77.9 Å². The lowest BCUT2D eigenvalue weighted by Crippen LogP contribution is -1.92. The second kappa shape index (κ2) is 6.53. The van der Waals surface area contributed by atoms with Crippen LogP contribution in [0.4, 0.5) is 0 Å². The number of benzene rings is 2. The molecule has 0 amide bonds. The van der Waals surface area contributed by atoms with Gasteiger partial charge in [-0.25, -0.2) is 4.98 Å². The molecule has 2 heteroatoms. The molecule has 0 fully saturated rings. The first-order chi connectivity index (χ1) is 12.8. The summed E-state index contributed by atoms with van der Waals surface area (Å²) in [6.45, 7) is 13.0. The highest BCUT2D eigenvalue weighted by atomic mass is 16.3. The van der Waals surface area contributed by atoms with Gasteiger partial charge in [0, 0.05) is 22.8 Å². The van der Waals surface area contributed by atoms with Gasteiger partial charge in [0.05, 0.1) is 5.52 Å². The Bertz CT molecular complexity index is 1140. The Labute approximate surface area is 161 Å². The van der Waals surface area contributed by atoms with Gasteiger partial charge in [0.2, 0.25) is 0 Å². The van der Waals surface area contributed by atoms with Crippen molar-refractivity contribution in [2.45, 2.75) is 48.0 Å². The van der Waals surface area contributed by atoms with Gasteiger partial charge < -0.3 is 4.42 Å². The minimum absolute atomic E-state index is 0.554. The molecule has 0 bridgehead atoms. The third-order valence-electron chi connectivity index (χ3n) is 5.06. The largest absolute Gasteiger partial charge is 0.459 e. The Hall–Kier alpha value is -2.61. The van der Waals surface area contributed by atoms with Gasteiger partial charge in [-0.15, -0.1) is 0 Å². The zero-order chi connectivity index (χ0) is 19.3. The number of aryl methyl sites for hydroxylation is 4. The fourth-order valence-electron chi connectivity index (χ4n) is 4.17. The highest BCUT2D eigenvalue weighted by molar-refractivity contribution is 6.10. The summed E-state index contributed by atoms with van der Waals surface area (Å²) in [7, 11) is 0. The van der Waals surface area contributed by atoms with Crippen molar-refractivity contribution in [3.8, 4) is 11.3 Å². The summed E-state index contributed by atoms with van der Waals surface area (Å²) in [5, 5.41) is 2.39. The van der Waals surface area contributed by atoms with Crippen LogP contribution in [0, 0.1) is 33.6 Å². The molecule has 0 saturated heterocycles. The summed E-state index contributed by atoms with van der Waals surface area (Å²) < 4.78 is 6.38. The van der Waals surface area contributed by atoms with Gasteiger partial charge in [-0.05, 0) is 69.0 Å². The molecule has 0 aliphatic carbocycles. The number of hydrogen-bond acceptors (Lipinski definition) is 2. The Kier molecular flexibility index (Phi) is 4.30. The molecule has 2 heterocycles. The van der Waals surface area contributed by atoms with Gasteiger partial charge in [0.25, 0.3) is 0 Å². The van der Waals surface area contributed by atoms with E-state index in [9.17, 15) is 0 Å².